The van der Waals surface area contributed by atoms with Crippen molar-refractivity contribution in [3.8, 4) is 5.75 Å². The van der Waals surface area contributed by atoms with E-state index in [-0.39, 0.29) is 11.9 Å². The van der Waals surface area contributed by atoms with E-state index in [4.69, 9.17) is 4.74 Å². The molecule has 1 saturated heterocycles. The summed E-state index contributed by atoms with van der Waals surface area (Å²) in [4.78, 5) is 17.6. The number of likely N-dealkylation sites (N-methyl/N-ethyl adjacent to an activating group) is 1. The van der Waals surface area contributed by atoms with Gasteiger partial charge in [0, 0.05) is 25.8 Å². The number of rotatable bonds is 6. The van der Waals surface area contributed by atoms with Crippen molar-refractivity contribution >= 4 is 11.6 Å². The van der Waals surface area contributed by atoms with E-state index < -0.39 is 0 Å². The molecular weight excluding hydrogens is 350 g/mol. The molecular formula is C23H29N3O2. The normalized spacial score (nSPS) is 17.4. The Kier molecular flexibility index (Phi) is 5.53. The second kappa shape index (κ2) is 8.23. The quantitative estimate of drug-likeness (QED) is 0.837. The molecule has 0 bridgehead atoms. The van der Waals surface area contributed by atoms with E-state index in [1.807, 2.05) is 24.3 Å². The van der Waals surface area contributed by atoms with Gasteiger partial charge in [-0.05, 0) is 61.7 Å². The molecule has 0 radical (unpaired) electrons. The molecule has 2 aromatic rings. The number of para-hydroxylation sites is 1. The van der Waals surface area contributed by atoms with Crippen LogP contribution >= 0.6 is 0 Å². The van der Waals surface area contributed by atoms with Crippen molar-refractivity contribution < 1.29 is 9.53 Å². The second-order valence-corrected chi connectivity index (χ2v) is 7.73. The number of carbonyl (C=O) groups excluding carboxylic acids is 1. The van der Waals surface area contributed by atoms with Gasteiger partial charge in [0.2, 0.25) is 0 Å². The first kappa shape index (κ1) is 18.8. The Bertz CT molecular complexity index is 845. The largest absolute Gasteiger partial charge is 0.496 e. The van der Waals surface area contributed by atoms with Crippen LogP contribution < -0.4 is 15.0 Å². The van der Waals surface area contributed by atoms with Gasteiger partial charge in [-0.3, -0.25) is 9.69 Å². The number of benzene rings is 2. The molecule has 2 aliphatic heterocycles. The fourth-order valence-corrected chi connectivity index (χ4v) is 4.42. The van der Waals surface area contributed by atoms with Crippen molar-refractivity contribution in [3.63, 3.8) is 0 Å². The minimum Gasteiger partial charge on any atom is -0.496 e. The van der Waals surface area contributed by atoms with Crippen LogP contribution in [0.15, 0.2) is 42.5 Å². The lowest BCUT2D eigenvalue weighted by Crippen LogP contribution is -2.37. The van der Waals surface area contributed by atoms with Gasteiger partial charge in [0.05, 0.1) is 18.7 Å². The average molecular weight is 380 g/mol. The van der Waals surface area contributed by atoms with Crippen LogP contribution in [-0.4, -0.2) is 51.1 Å². The maximum absolute atomic E-state index is 12.8. The van der Waals surface area contributed by atoms with E-state index >= 15 is 0 Å². The Labute approximate surface area is 167 Å². The molecule has 1 amide bonds. The molecule has 28 heavy (non-hydrogen) atoms. The number of anilines is 1. The third kappa shape index (κ3) is 3.72. The number of hydrogen-bond donors (Lipinski definition) is 1. The summed E-state index contributed by atoms with van der Waals surface area (Å²) in [5.41, 5.74) is 4.64. The van der Waals surface area contributed by atoms with Crippen LogP contribution in [0.4, 0.5) is 5.69 Å². The zero-order chi connectivity index (χ0) is 19.5. The molecule has 5 heteroatoms. The number of ether oxygens (including phenoxy) is 1. The van der Waals surface area contributed by atoms with Gasteiger partial charge in [-0.25, -0.2) is 0 Å². The molecule has 1 N–H and O–H groups in total. The molecule has 4 rings (SSSR count). The van der Waals surface area contributed by atoms with Gasteiger partial charge in [-0.1, -0.05) is 24.3 Å². The molecule has 0 spiro atoms. The van der Waals surface area contributed by atoms with Gasteiger partial charge in [-0.15, -0.1) is 0 Å². The van der Waals surface area contributed by atoms with E-state index in [0.717, 1.165) is 26.1 Å². The number of hydrogen-bond acceptors (Lipinski definition) is 4. The van der Waals surface area contributed by atoms with Gasteiger partial charge < -0.3 is 15.0 Å². The van der Waals surface area contributed by atoms with Crippen molar-refractivity contribution in [3.05, 3.63) is 59.2 Å². The standard InChI is InChI=1S/C23H29N3O2/c1-25-14-11-18-15-17(9-10-20(18)25)21(26-12-5-6-13-26)16-24-23(27)19-7-3-4-8-22(19)28-2/h3-4,7-10,15,21H,5-6,11-14,16H2,1-2H3,(H,24,27). The number of amides is 1. The zero-order valence-electron chi connectivity index (χ0n) is 16.8. The molecule has 2 heterocycles. The Morgan fingerprint density at radius 3 is 2.71 bits per heavy atom. The number of likely N-dealkylation sites (tertiary alicyclic amines) is 1. The highest BCUT2D eigenvalue weighted by molar-refractivity contribution is 5.96. The average Bonchev–Trinajstić information content (AvgIpc) is 3.38. The van der Waals surface area contributed by atoms with E-state index in [1.165, 1.54) is 29.7 Å². The number of methoxy groups -OCH3 is 1. The SMILES string of the molecule is COc1ccccc1C(=O)NCC(c1ccc2c(c1)CCN2C)N1CCCC1. The molecule has 1 atom stereocenters. The van der Waals surface area contributed by atoms with E-state index in [9.17, 15) is 4.79 Å². The van der Waals surface area contributed by atoms with Crippen LogP contribution in [0.25, 0.3) is 0 Å². The Hall–Kier alpha value is -2.53. The third-order valence-electron chi connectivity index (χ3n) is 6.01. The first-order valence-corrected chi connectivity index (χ1v) is 10.2. The van der Waals surface area contributed by atoms with Crippen molar-refractivity contribution in [1.82, 2.24) is 10.2 Å². The number of carbonyl (C=O) groups is 1. The monoisotopic (exact) mass is 379 g/mol. The topological polar surface area (TPSA) is 44.8 Å². The van der Waals surface area contributed by atoms with Gasteiger partial charge in [0.1, 0.15) is 5.75 Å². The summed E-state index contributed by atoms with van der Waals surface area (Å²) >= 11 is 0. The molecule has 0 aromatic heterocycles. The van der Waals surface area contributed by atoms with Crippen molar-refractivity contribution in [2.75, 3.05) is 45.2 Å². The van der Waals surface area contributed by atoms with Crippen molar-refractivity contribution in [1.29, 1.82) is 0 Å². The van der Waals surface area contributed by atoms with Gasteiger partial charge in [-0.2, -0.15) is 0 Å². The Balaban J connectivity index is 1.53. The lowest BCUT2D eigenvalue weighted by molar-refractivity contribution is 0.0935. The molecule has 1 fully saturated rings. The van der Waals surface area contributed by atoms with Gasteiger partial charge in [0.25, 0.3) is 5.91 Å². The Morgan fingerprint density at radius 1 is 1.14 bits per heavy atom. The molecule has 1 unspecified atom stereocenters. The summed E-state index contributed by atoms with van der Waals surface area (Å²) < 4.78 is 5.34. The lowest BCUT2D eigenvalue weighted by atomic mass is 10.0. The van der Waals surface area contributed by atoms with Crippen LogP contribution in [0.5, 0.6) is 5.75 Å². The van der Waals surface area contributed by atoms with Crippen molar-refractivity contribution in [2.45, 2.75) is 25.3 Å². The first-order chi connectivity index (χ1) is 13.7. The minimum atomic E-state index is -0.0810. The van der Waals surface area contributed by atoms with Crippen LogP contribution in [0.1, 0.15) is 40.4 Å². The first-order valence-electron chi connectivity index (χ1n) is 10.2. The van der Waals surface area contributed by atoms with Gasteiger partial charge in [0.15, 0.2) is 0 Å². The second-order valence-electron chi connectivity index (χ2n) is 7.73. The predicted molar refractivity (Wildman–Crippen MR) is 112 cm³/mol. The highest BCUT2D eigenvalue weighted by atomic mass is 16.5. The molecule has 2 aromatic carbocycles. The summed E-state index contributed by atoms with van der Waals surface area (Å²) in [7, 11) is 3.75. The summed E-state index contributed by atoms with van der Waals surface area (Å²) in [5.74, 6) is 0.529. The van der Waals surface area contributed by atoms with Crippen LogP contribution in [-0.2, 0) is 6.42 Å². The van der Waals surface area contributed by atoms with E-state index in [1.54, 1.807) is 7.11 Å². The predicted octanol–water partition coefficient (Wildman–Crippen LogP) is 3.25. The maximum Gasteiger partial charge on any atom is 0.255 e. The lowest BCUT2D eigenvalue weighted by Gasteiger charge is -2.29. The number of fused-ring (bicyclic) bond motifs is 1. The molecule has 0 aliphatic carbocycles. The fourth-order valence-electron chi connectivity index (χ4n) is 4.42. The summed E-state index contributed by atoms with van der Waals surface area (Å²) in [5, 5.41) is 3.15. The van der Waals surface area contributed by atoms with E-state index in [2.05, 4.69) is 40.4 Å². The third-order valence-corrected chi connectivity index (χ3v) is 6.01. The Morgan fingerprint density at radius 2 is 1.93 bits per heavy atom. The molecule has 2 aliphatic rings. The van der Waals surface area contributed by atoms with Crippen LogP contribution in [0.2, 0.25) is 0 Å². The van der Waals surface area contributed by atoms with Crippen LogP contribution in [0.3, 0.4) is 0 Å². The maximum atomic E-state index is 12.8. The zero-order valence-corrected chi connectivity index (χ0v) is 16.8. The minimum absolute atomic E-state index is 0.0810. The summed E-state index contributed by atoms with van der Waals surface area (Å²) in [6.07, 6.45) is 3.55. The summed E-state index contributed by atoms with van der Waals surface area (Å²) in [6, 6.07) is 14.4. The highest BCUT2D eigenvalue weighted by Crippen LogP contribution is 2.32. The number of nitrogens with zero attached hydrogens (tertiary/aromatic N) is 2. The summed E-state index contributed by atoms with van der Waals surface area (Å²) in [6.45, 7) is 3.86. The molecule has 5 nitrogen and oxygen atoms in total. The molecule has 148 valence electrons. The highest BCUT2D eigenvalue weighted by Gasteiger charge is 2.26. The van der Waals surface area contributed by atoms with Crippen LogP contribution in [0, 0.1) is 0 Å². The number of nitrogens with one attached hydrogen (secondary N) is 1. The van der Waals surface area contributed by atoms with Crippen molar-refractivity contribution in [2.24, 2.45) is 0 Å². The van der Waals surface area contributed by atoms with E-state index in [0.29, 0.717) is 17.9 Å². The fraction of sp³-hybridized carbons (Fsp3) is 0.435. The smallest absolute Gasteiger partial charge is 0.255 e. The molecule has 0 saturated carbocycles. The van der Waals surface area contributed by atoms with Gasteiger partial charge >= 0.3 is 0 Å².